The Morgan fingerprint density at radius 1 is 1.33 bits per heavy atom. The molecule has 0 fully saturated rings. The van der Waals surface area contributed by atoms with Crippen molar-refractivity contribution in [2.24, 2.45) is 5.92 Å². The number of nitrogens with zero attached hydrogens (tertiary/aromatic N) is 1. The van der Waals surface area contributed by atoms with Crippen LogP contribution in [-0.2, 0) is 0 Å². The molecule has 0 rings (SSSR count). The second-order valence-electron chi connectivity index (χ2n) is 3.69. The molecule has 2 nitrogen and oxygen atoms in total. The van der Waals surface area contributed by atoms with E-state index in [1.807, 2.05) is 0 Å². The fraction of sp³-hybridized carbons (Fsp3) is 0.900. The van der Waals surface area contributed by atoms with Crippen molar-refractivity contribution in [3.05, 3.63) is 0 Å². The second kappa shape index (κ2) is 6.02. The highest BCUT2D eigenvalue weighted by Gasteiger charge is 2.12. The highest BCUT2D eigenvalue weighted by molar-refractivity contribution is 4.81. The fourth-order valence-corrected chi connectivity index (χ4v) is 1.34. The van der Waals surface area contributed by atoms with Crippen molar-refractivity contribution in [1.82, 2.24) is 5.32 Å². The van der Waals surface area contributed by atoms with E-state index in [0.29, 0.717) is 24.4 Å². The summed E-state index contributed by atoms with van der Waals surface area (Å²) in [5, 5.41) is 11.9. The molecule has 0 bridgehead atoms. The normalized spacial score (nSPS) is 15.7. The average Bonchev–Trinajstić information content (AvgIpc) is 2.00. The Kier molecular flexibility index (Phi) is 5.74. The van der Waals surface area contributed by atoms with Crippen molar-refractivity contribution in [3.63, 3.8) is 0 Å². The molecule has 0 aliphatic carbocycles. The van der Waals surface area contributed by atoms with Crippen LogP contribution < -0.4 is 5.32 Å². The Labute approximate surface area is 76.0 Å². The van der Waals surface area contributed by atoms with E-state index in [2.05, 4.69) is 39.1 Å². The van der Waals surface area contributed by atoms with Gasteiger partial charge in [-0.3, -0.25) is 0 Å². The molecule has 0 radical (unpaired) electrons. The molecule has 0 aliphatic rings. The lowest BCUT2D eigenvalue weighted by atomic mass is 10.0. The summed E-state index contributed by atoms with van der Waals surface area (Å²) in [6.07, 6.45) is 1.73. The molecule has 0 amide bonds. The first kappa shape index (κ1) is 11.4. The van der Waals surface area contributed by atoms with E-state index < -0.39 is 0 Å². The van der Waals surface area contributed by atoms with Crippen LogP contribution in [0.2, 0.25) is 0 Å². The van der Waals surface area contributed by atoms with Gasteiger partial charge in [-0.2, -0.15) is 5.26 Å². The van der Waals surface area contributed by atoms with Crippen molar-refractivity contribution < 1.29 is 0 Å². The summed E-state index contributed by atoms with van der Waals surface area (Å²) >= 11 is 0. The Balaban J connectivity index is 3.78. The summed E-state index contributed by atoms with van der Waals surface area (Å²) in [4.78, 5) is 0. The Hall–Kier alpha value is -0.550. The summed E-state index contributed by atoms with van der Waals surface area (Å²) in [5.41, 5.74) is 0. The lowest BCUT2D eigenvalue weighted by molar-refractivity contribution is 0.354. The Bertz CT molecular complexity index is 146. The first-order chi connectivity index (χ1) is 5.61. The SMILES string of the molecule is CCC(NC(C)CC#N)C(C)C. The molecule has 2 heteroatoms. The van der Waals surface area contributed by atoms with E-state index in [-0.39, 0.29) is 0 Å². The van der Waals surface area contributed by atoms with Crippen molar-refractivity contribution in [3.8, 4) is 6.07 Å². The molecule has 0 aromatic heterocycles. The van der Waals surface area contributed by atoms with E-state index in [9.17, 15) is 0 Å². The van der Waals surface area contributed by atoms with Crippen molar-refractivity contribution in [2.75, 3.05) is 0 Å². The van der Waals surface area contributed by atoms with Gasteiger partial charge in [0.25, 0.3) is 0 Å². The third-order valence-corrected chi connectivity index (χ3v) is 2.14. The summed E-state index contributed by atoms with van der Waals surface area (Å²) in [5.74, 6) is 0.649. The number of nitriles is 1. The first-order valence-corrected chi connectivity index (χ1v) is 4.74. The number of nitrogens with one attached hydrogen (secondary N) is 1. The summed E-state index contributed by atoms with van der Waals surface area (Å²) in [6, 6.07) is 3.04. The highest BCUT2D eigenvalue weighted by atomic mass is 14.9. The Morgan fingerprint density at radius 2 is 1.92 bits per heavy atom. The van der Waals surface area contributed by atoms with Crippen LogP contribution in [0, 0.1) is 17.2 Å². The van der Waals surface area contributed by atoms with Gasteiger partial charge < -0.3 is 5.32 Å². The van der Waals surface area contributed by atoms with Gasteiger partial charge in [0, 0.05) is 12.1 Å². The molecule has 12 heavy (non-hydrogen) atoms. The molecule has 70 valence electrons. The van der Waals surface area contributed by atoms with Gasteiger partial charge in [-0.1, -0.05) is 20.8 Å². The van der Waals surface area contributed by atoms with Crippen LogP contribution in [0.1, 0.15) is 40.5 Å². The van der Waals surface area contributed by atoms with Gasteiger partial charge in [0.2, 0.25) is 0 Å². The predicted molar refractivity (Wildman–Crippen MR) is 51.7 cm³/mol. The van der Waals surface area contributed by atoms with Crippen LogP contribution in [-0.4, -0.2) is 12.1 Å². The standard InChI is InChI=1S/C10H20N2/c1-5-10(8(2)3)12-9(4)6-7-11/h8-10,12H,5-6H2,1-4H3. The largest absolute Gasteiger partial charge is 0.310 e. The van der Waals surface area contributed by atoms with Crippen LogP contribution in [0.5, 0.6) is 0 Å². The maximum atomic E-state index is 8.47. The van der Waals surface area contributed by atoms with Gasteiger partial charge in [0.05, 0.1) is 12.5 Å². The quantitative estimate of drug-likeness (QED) is 0.683. The molecule has 0 spiro atoms. The van der Waals surface area contributed by atoms with E-state index in [1.54, 1.807) is 0 Å². The zero-order chi connectivity index (χ0) is 9.56. The van der Waals surface area contributed by atoms with Gasteiger partial charge in [-0.25, -0.2) is 0 Å². The molecule has 0 saturated heterocycles. The van der Waals surface area contributed by atoms with Crippen molar-refractivity contribution in [1.29, 1.82) is 5.26 Å². The molecular formula is C10H20N2. The van der Waals surface area contributed by atoms with E-state index in [1.165, 1.54) is 0 Å². The summed E-state index contributed by atoms with van der Waals surface area (Å²) < 4.78 is 0. The van der Waals surface area contributed by atoms with Crippen molar-refractivity contribution in [2.45, 2.75) is 52.6 Å². The van der Waals surface area contributed by atoms with Crippen LogP contribution in [0.3, 0.4) is 0 Å². The molecule has 0 saturated carbocycles. The van der Waals surface area contributed by atoms with Gasteiger partial charge in [0.1, 0.15) is 0 Å². The van der Waals surface area contributed by atoms with Gasteiger partial charge in [-0.05, 0) is 19.3 Å². The smallest absolute Gasteiger partial charge is 0.0638 e. The molecule has 0 aromatic rings. The molecule has 0 aliphatic heterocycles. The number of hydrogen-bond donors (Lipinski definition) is 1. The lowest BCUT2D eigenvalue weighted by Gasteiger charge is -2.23. The first-order valence-electron chi connectivity index (χ1n) is 4.74. The van der Waals surface area contributed by atoms with Gasteiger partial charge in [-0.15, -0.1) is 0 Å². The maximum Gasteiger partial charge on any atom is 0.0638 e. The number of hydrogen-bond acceptors (Lipinski definition) is 2. The van der Waals surface area contributed by atoms with E-state index in [4.69, 9.17) is 5.26 Å². The minimum absolute atomic E-state index is 0.322. The second-order valence-corrected chi connectivity index (χ2v) is 3.69. The zero-order valence-corrected chi connectivity index (χ0v) is 8.59. The van der Waals surface area contributed by atoms with Crippen LogP contribution in [0.15, 0.2) is 0 Å². The minimum atomic E-state index is 0.322. The molecule has 0 heterocycles. The molecule has 1 N–H and O–H groups in total. The molecule has 2 unspecified atom stereocenters. The highest BCUT2D eigenvalue weighted by Crippen LogP contribution is 2.06. The van der Waals surface area contributed by atoms with Crippen LogP contribution >= 0.6 is 0 Å². The fourth-order valence-electron chi connectivity index (χ4n) is 1.34. The zero-order valence-electron chi connectivity index (χ0n) is 8.59. The third kappa shape index (κ3) is 4.35. The number of rotatable bonds is 5. The topological polar surface area (TPSA) is 35.8 Å². The maximum absolute atomic E-state index is 8.47. The lowest BCUT2D eigenvalue weighted by Crippen LogP contribution is -2.39. The summed E-state index contributed by atoms with van der Waals surface area (Å²) in [6.45, 7) is 8.66. The van der Waals surface area contributed by atoms with Crippen molar-refractivity contribution >= 4 is 0 Å². The molecular weight excluding hydrogens is 148 g/mol. The van der Waals surface area contributed by atoms with E-state index >= 15 is 0 Å². The molecule has 0 aromatic carbocycles. The monoisotopic (exact) mass is 168 g/mol. The Morgan fingerprint density at radius 3 is 2.25 bits per heavy atom. The summed E-state index contributed by atoms with van der Waals surface area (Å²) in [7, 11) is 0. The van der Waals surface area contributed by atoms with Crippen LogP contribution in [0.4, 0.5) is 0 Å². The van der Waals surface area contributed by atoms with E-state index in [0.717, 1.165) is 6.42 Å². The predicted octanol–water partition coefficient (Wildman–Crippen LogP) is 2.31. The van der Waals surface area contributed by atoms with Gasteiger partial charge in [0.15, 0.2) is 0 Å². The minimum Gasteiger partial charge on any atom is -0.310 e. The molecule has 2 atom stereocenters. The van der Waals surface area contributed by atoms with Gasteiger partial charge >= 0.3 is 0 Å². The third-order valence-electron chi connectivity index (χ3n) is 2.14. The average molecular weight is 168 g/mol. The van der Waals surface area contributed by atoms with Crippen LogP contribution in [0.25, 0.3) is 0 Å².